The number of aromatic nitrogens is 1. The Hall–Kier alpha value is -2.02. The van der Waals surface area contributed by atoms with Crippen molar-refractivity contribution in [1.29, 1.82) is 0 Å². The van der Waals surface area contributed by atoms with Gasteiger partial charge in [-0.1, -0.05) is 13.0 Å². The Morgan fingerprint density at radius 3 is 2.55 bits per heavy atom. The molecular formula is C23H33Cl2N3O3. The summed E-state index contributed by atoms with van der Waals surface area (Å²) in [5, 5.41) is 6.36. The lowest BCUT2D eigenvalue weighted by atomic mass is 9.93. The van der Waals surface area contributed by atoms with Crippen LogP contribution in [0.4, 0.5) is 0 Å². The first-order chi connectivity index (χ1) is 14.2. The van der Waals surface area contributed by atoms with Gasteiger partial charge in [0.15, 0.2) is 0 Å². The number of nitrogens with zero attached hydrogens (tertiary/aromatic N) is 1. The minimum absolute atomic E-state index is 0. The monoisotopic (exact) mass is 469 g/mol. The van der Waals surface area contributed by atoms with Gasteiger partial charge in [0.05, 0.1) is 6.61 Å². The van der Waals surface area contributed by atoms with Crippen molar-refractivity contribution in [1.82, 2.24) is 15.6 Å². The predicted octanol–water partition coefficient (Wildman–Crippen LogP) is 4.90. The molecule has 1 saturated heterocycles. The molecule has 2 aromatic rings. The fourth-order valence-corrected chi connectivity index (χ4v) is 3.37. The van der Waals surface area contributed by atoms with Crippen LogP contribution >= 0.6 is 24.8 Å². The minimum Gasteiger partial charge on any atom is -0.494 e. The maximum Gasteiger partial charge on any atom is 0.224 e. The van der Waals surface area contributed by atoms with Crippen LogP contribution in [0.3, 0.4) is 0 Å². The number of benzene rings is 1. The van der Waals surface area contributed by atoms with Crippen molar-refractivity contribution in [2.75, 3.05) is 19.7 Å². The molecule has 1 amide bonds. The van der Waals surface area contributed by atoms with Crippen molar-refractivity contribution in [2.45, 2.75) is 45.6 Å². The first-order valence-electron chi connectivity index (χ1n) is 10.6. The molecule has 0 atom stereocenters. The third-order valence-corrected chi connectivity index (χ3v) is 5.08. The van der Waals surface area contributed by atoms with Gasteiger partial charge in [0.2, 0.25) is 11.8 Å². The summed E-state index contributed by atoms with van der Waals surface area (Å²) < 4.78 is 11.5. The highest BCUT2D eigenvalue weighted by molar-refractivity contribution is 5.85. The Morgan fingerprint density at radius 1 is 1.13 bits per heavy atom. The molecule has 31 heavy (non-hydrogen) atoms. The smallest absolute Gasteiger partial charge is 0.224 e. The summed E-state index contributed by atoms with van der Waals surface area (Å²) >= 11 is 0. The first kappa shape index (κ1) is 27.0. The number of piperidine rings is 1. The lowest BCUT2D eigenvalue weighted by Crippen LogP contribution is -2.29. The predicted molar refractivity (Wildman–Crippen MR) is 128 cm³/mol. The molecule has 1 aromatic carbocycles. The second-order valence-corrected chi connectivity index (χ2v) is 7.40. The zero-order valence-corrected chi connectivity index (χ0v) is 19.6. The molecule has 2 heterocycles. The summed E-state index contributed by atoms with van der Waals surface area (Å²) in [6.45, 7) is 5.31. The number of carbonyl (C=O) groups is 1. The lowest BCUT2D eigenvalue weighted by molar-refractivity contribution is -0.121. The molecule has 0 saturated carbocycles. The maximum absolute atomic E-state index is 12.3. The molecular weight excluding hydrogens is 437 g/mol. The number of hydrogen-bond donors (Lipinski definition) is 2. The Kier molecular flexibility index (Phi) is 13.0. The molecule has 0 spiro atoms. The minimum atomic E-state index is 0. The number of ether oxygens (including phenoxy) is 2. The number of nitrogens with one attached hydrogen (secondary N) is 2. The molecule has 0 aliphatic carbocycles. The molecule has 8 heteroatoms. The molecule has 172 valence electrons. The van der Waals surface area contributed by atoms with E-state index in [-0.39, 0.29) is 30.7 Å². The van der Waals surface area contributed by atoms with E-state index in [2.05, 4.69) is 22.5 Å². The highest BCUT2D eigenvalue weighted by atomic mass is 35.5. The fourth-order valence-electron chi connectivity index (χ4n) is 3.37. The van der Waals surface area contributed by atoms with E-state index in [0.29, 0.717) is 37.1 Å². The van der Waals surface area contributed by atoms with Gasteiger partial charge in [-0.15, -0.1) is 24.8 Å². The van der Waals surface area contributed by atoms with Crippen LogP contribution in [0.15, 0.2) is 42.6 Å². The molecule has 6 nitrogen and oxygen atoms in total. The number of halogens is 2. The van der Waals surface area contributed by atoms with Crippen LogP contribution in [-0.4, -0.2) is 30.6 Å². The van der Waals surface area contributed by atoms with Crippen LogP contribution in [-0.2, 0) is 11.3 Å². The van der Waals surface area contributed by atoms with Crippen molar-refractivity contribution in [2.24, 2.45) is 5.92 Å². The second kappa shape index (κ2) is 14.9. The zero-order chi connectivity index (χ0) is 20.3. The van der Waals surface area contributed by atoms with Crippen LogP contribution in [0.5, 0.6) is 17.4 Å². The van der Waals surface area contributed by atoms with Crippen molar-refractivity contribution in [3.05, 3.63) is 48.2 Å². The number of carbonyl (C=O) groups excluding carboxylic acids is 1. The Labute approximate surface area is 197 Å². The van der Waals surface area contributed by atoms with Gasteiger partial charge in [0.25, 0.3) is 0 Å². The Bertz CT molecular complexity index is 769. The molecule has 1 aliphatic rings. The van der Waals surface area contributed by atoms with Gasteiger partial charge in [-0.05, 0) is 75.0 Å². The SMILES string of the molecule is CCCOc1ccc(Oc2ncccc2CNC(=O)CCC2CCNCC2)cc1.Cl.Cl. The van der Waals surface area contributed by atoms with Crippen LogP contribution in [0.1, 0.15) is 44.6 Å². The van der Waals surface area contributed by atoms with Crippen LogP contribution < -0.4 is 20.1 Å². The van der Waals surface area contributed by atoms with Gasteiger partial charge in [-0.3, -0.25) is 4.79 Å². The molecule has 0 bridgehead atoms. The number of amides is 1. The van der Waals surface area contributed by atoms with E-state index in [4.69, 9.17) is 9.47 Å². The van der Waals surface area contributed by atoms with Crippen molar-refractivity contribution in [3.8, 4) is 17.4 Å². The molecule has 3 rings (SSSR count). The molecule has 1 fully saturated rings. The number of pyridine rings is 1. The second-order valence-electron chi connectivity index (χ2n) is 7.40. The maximum atomic E-state index is 12.3. The van der Waals surface area contributed by atoms with Crippen molar-refractivity contribution >= 4 is 30.7 Å². The van der Waals surface area contributed by atoms with Gasteiger partial charge >= 0.3 is 0 Å². The number of hydrogen-bond acceptors (Lipinski definition) is 5. The Morgan fingerprint density at radius 2 is 1.84 bits per heavy atom. The fraction of sp³-hybridized carbons (Fsp3) is 0.478. The standard InChI is InChI=1S/C23H31N3O3.2ClH/c1-2-16-28-20-6-8-21(9-7-20)29-23-19(4-3-13-25-23)17-26-22(27)10-5-18-11-14-24-15-12-18;;/h3-4,6-9,13,18,24H,2,5,10-12,14-17H2,1H3,(H,26,27);2*1H. The lowest BCUT2D eigenvalue weighted by Gasteiger charge is -2.22. The first-order valence-corrected chi connectivity index (χ1v) is 10.6. The highest BCUT2D eigenvalue weighted by Gasteiger charge is 2.15. The average Bonchev–Trinajstić information content (AvgIpc) is 2.77. The highest BCUT2D eigenvalue weighted by Crippen LogP contribution is 2.25. The Balaban J connectivity index is 0.00000240. The third-order valence-electron chi connectivity index (χ3n) is 5.08. The van der Waals surface area contributed by atoms with Gasteiger partial charge < -0.3 is 20.1 Å². The van der Waals surface area contributed by atoms with E-state index in [1.807, 2.05) is 36.4 Å². The summed E-state index contributed by atoms with van der Waals surface area (Å²) in [5.41, 5.74) is 0.856. The summed E-state index contributed by atoms with van der Waals surface area (Å²) in [5.74, 6) is 2.75. The zero-order valence-electron chi connectivity index (χ0n) is 18.0. The normalized spacial score (nSPS) is 13.5. The molecule has 1 aromatic heterocycles. The molecule has 0 unspecified atom stereocenters. The van der Waals surface area contributed by atoms with E-state index >= 15 is 0 Å². The average molecular weight is 470 g/mol. The third kappa shape index (κ3) is 9.33. The number of rotatable bonds is 10. The van der Waals surface area contributed by atoms with Crippen LogP contribution in [0.25, 0.3) is 0 Å². The summed E-state index contributed by atoms with van der Waals surface area (Å²) in [7, 11) is 0. The van der Waals surface area contributed by atoms with E-state index in [0.717, 1.165) is 50.1 Å². The van der Waals surface area contributed by atoms with Gasteiger partial charge in [0.1, 0.15) is 11.5 Å². The topological polar surface area (TPSA) is 72.5 Å². The van der Waals surface area contributed by atoms with Gasteiger partial charge in [0, 0.05) is 24.7 Å². The van der Waals surface area contributed by atoms with Gasteiger partial charge in [-0.2, -0.15) is 0 Å². The van der Waals surface area contributed by atoms with Crippen molar-refractivity contribution < 1.29 is 14.3 Å². The van der Waals surface area contributed by atoms with Gasteiger partial charge in [-0.25, -0.2) is 4.98 Å². The van der Waals surface area contributed by atoms with E-state index in [1.165, 1.54) is 0 Å². The van der Waals surface area contributed by atoms with Crippen LogP contribution in [0.2, 0.25) is 0 Å². The largest absolute Gasteiger partial charge is 0.494 e. The van der Waals surface area contributed by atoms with Crippen LogP contribution in [0, 0.1) is 5.92 Å². The molecule has 2 N–H and O–H groups in total. The summed E-state index contributed by atoms with van der Waals surface area (Å²) in [6.07, 6.45) is 6.51. The molecule has 1 aliphatic heterocycles. The van der Waals surface area contributed by atoms with E-state index in [9.17, 15) is 4.79 Å². The van der Waals surface area contributed by atoms with E-state index < -0.39 is 0 Å². The summed E-state index contributed by atoms with van der Waals surface area (Å²) in [6, 6.07) is 11.3. The van der Waals surface area contributed by atoms with E-state index in [1.54, 1.807) is 6.20 Å². The quantitative estimate of drug-likeness (QED) is 0.517. The van der Waals surface area contributed by atoms with Crippen molar-refractivity contribution in [3.63, 3.8) is 0 Å². The molecule has 0 radical (unpaired) electrons. The summed E-state index contributed by atoms with van der Waals surface area (Å²) in [4.78, 5) is 16.6.